The summed E-state index contributed by atoms with van der Waals surface area (Å²) in [6, 6.07) is 6.73. The SMILES string of the molecule is CCc1n[nH]c2ccc(C3C(C#N)=C(C(F)(F)F)NC(C(F)(F)F)=C3C#N)cc12. The van der Waals surface area contributed by atoms with E-state index in [1.54, 1.807) is 6.92 Å². The van der Waals surface area contributed by atoms with Crippen molar-refractivity contribution in [3.8, 4) is 12.1 Å². The Labute approximate surface area is 159 Å². The van der Waals surface area contributed by atoms with Gasteiger partial charge in [-0.1, -0.05) is 13.0 Å². The monoisotopic (exact) mass is 411 g/mol. The van der Waals surface area contributed by atoms with Crippen molar-refractivity contribution in [2.45, 2.75) is 31.6 Å². The van der Waals surface area contributed by atoms with Crippen LogP contribution in [0.25, 0.3) is 10.9 Å². The molecule has 5 nitrogen and oxygen atoms in total. The van der Waals surface area contributed by atoms with Crippen molar-refractivity contribution in [1.82, 2.24) is 15.5 Å². The Morgan fingerprint density at radius 1 is 1.00 bits per heavy atom. The first kappa shape index (κ1) is 20.3. The van der Waals surface area contributed by atoms with Crippen molar-refractivity contribution in [2.75, 3.05) is 0 Å². The number of rotatable bonds is 2. The second-order valence-corrected chi connectivity index (χ2v) is 6.18. The summed E-state index contributed by atoms with van der Waals surface area (Å²) in [4.78, 5) is 0. The molecule has 0 spiro atoms. The molecular formula is C18H11F6N5. The summed E-state index contributed by atoms with van der Waals surface area (Å²) in [5.41, 5.74) is -4.67. The molecule has 3 rings (SSSR count). The molecular weight excluding hydrogens is 400 g/mol. The van der Waals surface area contributed by atoms with Crippen LogP contribution in [-0.4, -0.2) is 22.5 Å². The summed E-state index contributed by atoms with van der Waals surface area (Å²) in [7, 11) is 0. The second-order valence-electron chi connectivity index (χ2n) is 6.18. The van der Waals surface area contributed by atoms with Crippen LogP contribution < -0.4 is 5.32 Å². The minimum Gasteiger partial charge on any atom is -0.346 e. The van der Waals surface area contributed by atoms with Gasteiger partial charge in [0.25, 0.3) is 0 Å². The smallest absolute Gasteiger partial charge is 0.346 e. The van der Waals surface area contributed by atoms with Crippen LogP contribution in [0, 0.1) is 22.7 Å². The van der Waals surface area contributed by atoms with Crippen molar-refractivity contribution in [1.29, 1.82) is 10.5 Å². The Kier molecular flexibility index (Phi) is 4.79. The molecule has 11 heteroatoms. The molecule has 0 fully saturated rings. The van der Waals surface area contributed by atoms with Crippen LogP contribution in [0.5, 0.6) is 0 Å². The van der Waals surface area contributed by atoms with E-state index >= 15 is 0 Å². The van der Waals surface area contributed by atoms with Crippen molar-refractivity contribution in [3.63, 3.8) is 0 Å². The van der Waals surface area contributed by atoms with E-state index in [-0.39, 0.29) is 5.56 Å². The van der Waals surface area contributed by atoms with Crippen molar-refractivity contribution < 1.29 is 26.3 Å². The van der Waals surface area contributed by atoms with Gasteiger partial charge in [-0.05, 0) is 24.1 Å². The third kappa shape index (κ3) is 3.40. The number of hydrogen-bond acceptors (Lipinski definition) is 4. The van der Waals surface area contributed by atoms with E-state index in [1.807, 2.05) is 0 Å². The highest BCUT2D eigenvalue weighted by Crippen LogP contribution is 2.45. The molecule has 2 N–H and O–H groups in total. The molecule has 1 aliphatic heterocycles. The maximum Gasteiger partial charge on any atom is 0.432 e. The second kappa shape index (κ2) is 6.85. The lowest BCUT2D eigenvalue weighted by Crippen LogP contribution is -2.39. The van der Waals surface area contributed by atoms with E-state index in [0.29, 0.717) is 23.0 Å². The van der Waals surface area contributed by atoms with Gasteiger partial charge in [0, 0.05) is 5.39 Å². The molecule has 1 aromatic carbocycles. The fourth-order valence-corrected chi connectivity index (χ4v) is 3.25. The van der Waals surface area contributed by atoms with Crippen LogP contribution in [0.15, 0.2) is 40.7 Å². The summed E-state index contributed by atoms with van der Waals surface area (Å²) in [5.74, 6) is -1.83. The number of aryl methyl sites for hydroxylation is 1. The summed E-state index contributed by atoms with van der Waals surface area (Å²) in [5, 5.41) is 27.2. The van der Waals surface area contributed by atoms with Gasteiger partial charge in [-0.2, -0.15) is 42.0 Å². The molecule has 0 unspecified atom stereocenters. The lowest BCUT2D eigenvalue weighted by molar-refractivity contribution is -0.112. The van der Waals surface area contributed by atoms with Crippen LogP contribution in [0.3, 0.4) is 0 Å². The van der Waals surface area contributed by atoms with Gasteiger partial charge in [-0.3, -0.25) is 5.10 Å². The zero-order valence-corrected chi connectivity index (χ0v) is 14.6. The summed E-state index contributed by atoms with van der Waals surface area (Å²) >= 11 is 0. The van der Waals surface area contributed by atoms with Crippen molar-refractivity contribution >= 4 is 10.9 Å². The first-order valence-corrected chi connectivity index (χ1v) is 8.19. The number of H-pyrrole nitrogens is 1. The topological polar surface area (TPSA) is 88.3 Å². The van der Waals surface area contributed by atoms with E-state index < -0.39 is 40.8 Å². The summed E-state index contributed by atoms with van der Waals surface area (Å²) in [6.07, 6.45) is -10.1. The van der Waals surface area contributed by atoms with E-state index in [4.69, 9.17) is 0 Å². The number of dihydropyridines is 1. The predicted molar refractivity (Wildman–Crippen MR) is 88.7 cm³/mol. The molecule has 0 atom stereocenters. The predicted octanol–water partition coefficient (Wildman–Crippen LogP) is 4.49. The van der Waals surface area contributed by atoms with Gasteiger partial charge >= 0.3 is 12.4 Å². The molecule has 0 radical (unpaired) electrons. The molecule has 1 aromatic heterocycles. The summed E-state index contributed by atoms with van der Waals surface area (Å²) in [6.45, 7) is 1.78. The van der Waals surface area contributed by atoms with E-state index in [0.717, 1.165) is 0 Å². The number of benzene rings is 1. The first-order chi connectivity index (χ1) is 13.5. The summed E-state index contributed by atoms with van der Waals surface area (Å²) < 4.78 is 80.5. The maximum absolute atomic E-state index is 13.4. The Morgan fingerprint density at radius 2 is 1.55 bits per heavy atom. The lowest BCUT2D eigenvalue weighted by atomic mass is 9.80. The third-order valence-electron chi connectivity index (χ3n) is 4.51. The first-order valence-electron chi connectivity index (χ1n) is 8.19. The molecule has 0 amide bonds. The number of aromatic amines is 1. The van der Waals surface area contributed by atoms with Gasteiger partial charge in [-0.15, -0.1) is 0 Å². The van der Waals surface area contributed by atoms with Crippen LogP contribution in [-0.2, 0) is 6.42 Å². The number of hydrogen-bond donors (Lipinski definition) is 2. The number of nitrogens with zero attached hydrogens (tertiary/aromatic N) is 3. The van der Waals surface area contributed by atoms with Gasteiger partial charge in [0.05, 0.1) is 40.4 Å². The number of halogens is 6. The van der Waals surface area contributed by atoms with Gasteiger partial charge < -0.3 is 5.32 Å². The van der Waals surface area contributed by atoms with Crippen LogP contribution in [0.2, 0.25) is 0 Å². The van der Waals surface area contributed by atoms with Crippen LogP contribution in [0.1, 0.15) is 24.1 Å². The fourth-order valence-electron chi connectivity index (χ4n) is 3.25. The molecule has 29 heavy (non-hydrogen) atoms. The lowest BCUT2D eigenvalue weighted by Gasteiger charge is -2.30. The van der Waals surface area contributed by atoms with Gasteiger partial charge in [-0.25, -0.2) is 0 Å². The Bertz CT molecular complexity index is 1070. The van der Waals surface area contributed by atoms with Gasteiger partial charge in [0.2, 0.25) is 0 Å². The highest BCUT2D eigenvalue weighted by molar-refractivity contribution is 5.82. The molecule has 0 saturated carbocycles. The standard InChI is InChI=1S/C18H11F6N5/c1-2-12-9-5-8(3-4-13(9)29-28-12)14-10(6-25)15(17(19,20)21)27-16(11(14)7-26)18(22,23)24/h3-5,14,27H,2H2,1H3,(H,28,29). The minimum atomic E-state index is -5.25. The zero-order chi connectivity index (χ0) is 21.6. The Balaban J connectivity index is 2.35. The highest BCUT2D eigenvalue weighted by atomic mass is 19.4. The molecule has 0 saturated heterocycles. The van der Waals surface area contributed by atoms with Gasteiger partial charge in [0.15, 0.2) is 0 Å². The number of allylic oxidation sites excluding steroid dienone is 4. The number of nitrogens with one attached hydrogen (secondary N) is 2. The van der Waals surface area contributed by atoms with E-state index in [1.165, 1.54) is 35.7 Å². The Morgan fingerprint density at radius 3 is 2.00 bits per heavy atom. The maximum atomic E-state index is 13.4. The minimum absolute atomic E-state index is 0.0494. The molecule has 0 bridgehead atoms. The Hall–Kier alpha value is -3.47. The van der Waals surface area contributed by atoms with E-state index in [9.17, 15) is 36.9 Å². The van der Waals surface area contributed by atoms with Crippen LogP contribution >= 0.6 is 0 Å². The normalized spacial score (nSPS) is 16.0. The van der Waals surface area contributed by atoms with Crippen LogP contribution in [0.4, 0.5) is 26.3 Å². The zero-order valence-electron chi connectivity index (χ0n) is 14.6. The largest absolute Gasteiger partial charge is 0.432 e. The average molecular weight is 411 g/mol. The molecule has 1 aliphatic rings. The van der Waals surface area contributed by atoms with Gasteiger partial charge in [0.1, 0.15) is 11.4 Å². The molecule has 2 heterocycles. The number of nitriles is 2. The van der Waals surface area contributed by atoms with E-state index in [2.05, 4.69) is 10.2 Å². The number of fused-ring (bicyclic) bond motifs is 1. The fraction of sp³-hybridized carbons (Fsp3) is 0.278. The quantitative estimate of drug-likeness (QED) is 0.713. The average Bonchev–Trinajstić information content (AvgIpc) is 3.06. The molecule has 150 valence electrons. The molecule has 0 aliphatic carbocycles. The van der Waals surface area contributed by atoms with Crippen molar-refractivity contribution in [3.05, 3.63) is 52.0 Å². The third-order valence-corrected chi connectivity index (χ3v) is 4.51. The van der Waals surface area contributed by atoms with Crippen molar-refractivity contribution in [2.24, 2.45) is 0 Å². The highest BCUT2D eigenvalue weighted by Gasteiger charge is 2.50. The number of alkyl halides is 6. The number of aromatic nitrogens is 2. The molecule has 2 aromatic rings.